The Bertz CT molecular complexity index is 1080. The van der Waals surface area contributed by atoms with Crippen LogP contribution in [0.4, 0.5) is 5.69 Å². The van der Waals surface area contributed by atoms with Crippen molar-refractivity contribution in [1.29, 1.82) is 0 Å². The average Bonchev–Trinajstić information content (AvgIpc) is 3.35. The van der Waals surface area contributed by atoms with Crippen LogP contribution < -0.4 is 5.32 Å². The lowest BCUT2D eigenvalue weighted by atomic mass is 10.2. The number of thiazole rings is 1. The Kier molecular flexibility index (Phi) is 4.10. The number of benzene rings is 1. The molecule has 0 radical (unpaired) electrons. The highest BCUT2D eigenvalue weighted by Gasteiger charge is 2.14. The third-order valence-corrected chi connectivity index (χ3v) is 4.52. The molecule has 8 heteroatoms. The molecule has 4 aromatic rings. The van der Waals surface area contributed by atoms with Gasteiger partial charge in [0.2, 0.25) is 0 Å². The van der Waals surface area contributed by atoms with Gasteiger partial charge in [-0.1, -0.05) is 12.1 Å². The number of carbonyl (C=O) groups excluding carboxylic acids is 1. The summed E-state index contributed by atoms with van der Waals surface area (Å²) >= 11 is 1.37. The van der Waals surface area contributed by atoms with Gasteiger partial charge in [-0.05, 0) is 38.1 Å². The molecule has 0 aliphatic carbocycles. The van der Waals surface area contributed by atoms with Crippen LogP contribution in [0.1, 0.15) is 22.1 Å². The maximum atomic E-state index is 12.5. The van der Waals surface area contributed by atoms with Gasteiger partial charge in [0.15, 0.2) is 16.6 Å². The van der Waals surface area contributed by atoms with E-state index in [9.17, 15) is 4.79 Å². The highest BCUT2D eigenvalue weighted by molar-refractivity contribution is 7.13. The third kappa shape index (κ3) is 3.27. The Balaban J connectivity index is 1.52. The normalized spacial score (nSPS) is 10.8. The second kappa shape index (κ2) is 6.57. The smallest absolute Gasteiger partial charge is 0.275 e. The number of aromatic nitrogens is 4. The fraction of sp³-hybridized carbons (Fsp3) is 0.111. The predicted molar refractivity (Wildman–Crippen MR) is 99.1 cm³/mol. The summed E-state index contributed by atoms with van der Waals surface area (Å²) in [6.45, 7) is 3.70. The first kappa shape index (κ1) is 16.2. The molecule has 0 bridgehead atoms. The zero-order valence-electron chi connectivity index (χ0n) is 14.1. The van der Waals surface area contributed by atoms with Gasteiger partial charge in [-0.2, -0.15) is 5.10 Å². The average molecular weight is 365 g/mol. The number of hydrogen-bond acceptors (Lipinski definition) is 6. The van der Waals surface area contributed by atoms with Gasteiger partial charge >= 0.3 is 0 Å². The van der Waals surface area contributed by atoms with E-state index < -0.39 is 0 Å². The number of furan rings is 1. The Labute approximate surface area is 153 Å². The van der Waals surface area contributed by atoms with E-state index in [2.05, 4.69) is 25.5 Å². The fourth-order valence-corrected chi connectivity index (χ4v) is 3.20. The van der Waals surface area contributed by atoms with Crippen LogP contribution in [0.2, 0.25) is 0 Å². The monoisotopic (exact) mass is 365 g/mol. The van der Waals surface area contributed by atoms with Crippen LogP contribution in [0.15, 0.2) is 46.2 Å². The number of H-pyrrole nitrogens is 1. The first-order chi connectivity index (χ1) is 12.6. The molecule has 4 rings (SSSR count). The lowest BCUT2D eigenvalue weighted by molar-refractivity contribution is 0.102. The summed E-state index contributed by atoms with van der Waals surface area (Å²) in [5.74, 6) is 2.51. The highest BCUT2D eigenvalue weighted by atomic mass is 32.1. The van der Waals surface area contributed by atoms with Gasteiger partial charge < -0.3 is 9.73 Å². The lowest BCUT2D eigenvalue weighted by Gasteiger charge is -2.04. The van der Waals surface area contributed by atoms with Crippen LogP contribution >= 0.6 is 11.3 Å². The van der Waals surface area contributed by atoms with Gasteiger partial charge in [-0.25, -0.2) is 9.97 Å². The molecule has 1 aromatic carbocycles. The molecule has 0 saturated heterocycles. The lowest BCUT2D eigenvalue weighted by Crippen LogP contribution is -2.12. The molecule has 2 N–H and O–H groups in total. The quantitative estimate of drug-likeness (QED) is 0.568. The number of rotatable bonds is 4. The highest BCUT2D eigenvalue weighted by Crippen LogP contribution is 2.26. The van der Waals surface area contributed by atoms with E-state index in [1.54, 1.807) is 5.38 Å². The molecule has 0 saturated carbocycles. The van der Waals surface area contributed by atoms with Crippen molar-refractivity contribution in [3.05, 3.63) is 59.1 Å². The van der Waals surface area contributed by atoms with Gasteiger partial charge in [-0.15, -0.1) is 11.3 Å². The standard InChI is InChI=1S/C18H15N5O2S/c1-10-6-7-15(25-10)18-21-14(9-26-18)17(24)20-13-5-3-4-12(8-13)16-19-11(2)22-23-16/h3-9H,1-2H3,(H,20,24)(H,19,22,23). The molecular formula is C18H15N5O2S. The van der Waals surface area contributed by atoms with Crippen molar-refractivity contribution >= 4 is 22.9 Å². The van der Waals surface area contributed by atoms with Crippen LogP contribution in [-0.4, -0.2) is 26.1 Å². The number of anilines is 1. The van der Waals surface area contributed by atoms with Crippen LogP contribution in [0.3, 0.4) is 0 Å². The fourth-order valence-electron chi connectivity index (χ4n) is 2.44. The second-order valence-electron chi connectivity index (χ2n) is 5.73. The number of nitrogens with zero attached hydrogens (tertiary/aromatic N) is 3. The van der Waals surface area contributed by atoms with E-state index in [0.29, 0.717) is 28.0 Å². The molecule has 1 amide bonds. The van der Waals surface area contributed by atoms with E-state index in [4.69, 9.17) is 4.42 Å². The summed E-state index contributed by atoms with van der Waals surface area (Å²) in [6.07, 6.45) is 0. The Morgan fingerprint density at radius 3 is 2.81 bits per heavy atom. The number of aromatic amines is 1. The van der Waals surface area contributed by atoms with Gasteiger partial charge in [-0.3, -0.25) is 9.89 Å². The van der Waals surface area contributed by atoms with Crippen LogP contribution in [0.25, 0.3) is 22.2 Å². The minimum atomic E-state index is -0.279. The van der Waals surface area contributed by atoms with E-state index in [0.717, 1.165) is 17.1 Å². The van der Waals surface area contributed by atoms with E-state index >= 15 is 0 Å². The molecule has 3 aromatic heterocycles. The summed E-state index contributed by atoms with van der Waals surface area (Å²) < 4.78 is 5.55. The summed E-state index contributed by atoms with van der Waals surface area (Å²) in [5, 5.41) is 12.2. The molecule has 3 heterocycles. The van der Waals surface area contributed by atoms with Crippen molar-refractivity contribution < 1.29 is 9.21 Å². The molecule has 0 spiro atoms. The SMILES string of the molecule is Cc1nc(-c2cccc(NC(=O)c3csc(-c4ccc(C)o4)n3)c2)n[nH]1. The van der Waals surface area contributed by atoms with E-state index in [-0.39, 0.29) is 5.91 Å². The minimum absolute atomic E-state index is 0.279. The summed E-state index contributed by atoms with van der Waals surface area (Å²) in [6, 6.07) is 11.1. The number of carbonyl (C=O) groups is 1. The topological polar surface area (TPSA) is 96.7 Å². The molecule has 0 unspecified atom stereocenters. The predicted octanol–water partition coefficient (Wildman–Crippen LogP) is 4.06. The zero-order chi connectivity index (χ0) is 18.1. The number of hydrogen-bond donors (Lipinski definition) is 2. The summed E-state index contributed by atoms with van der Waals surface area (Å²) in [4.78, 5) is 21.1. The van der Waals surface area contributed by atoms with E-state index in [1.165, 1.54) is 11.3 Å². The van der Waals surface area contributed by atoms with Crippen LogP contribution in [0.5, 0.6) is 0 Å². The Morgan fingerprint density at radius 1 is 1.19 bits per heavy atom. The van der Waals surface area contributed by atoms with Crippen molar-refractivity contribution in [1.82, 2.24) is 20.2 Å². The number of nitrogens with one attached hydrogen (secondary N) is 2. The van der Waals surface area contributed by atoms with E-state index in [1.807, 2.05) is 50.2 Å². The molecule has 0 atom stereocenters. The van der Waals surface area contributed by atoms with Crippen molar-refractivity contribution in [2.75, 3.05) is 5.32 Å². The molecule has 130 valence electrons. The van der Waals surface area contributed by atoms with Gasteiger partial charge in [0.25, 0.3) is 5.91 Å². The molecule has 0 aliphatic rings. The molecule has 7 nitrogen and oxygen atoms in total. The second-order valence-corrected chi connectivity index (χ2v) is 6.59. The third-order valence-electron chi connectivity index (χ3n) is 3.66. The molecule has 0 aliphatic heterocycles. The minimum Gasteiger partial charge on any atom is -0.459 e. The maximum Gasteiger partial charge on any atom is 0.275 e. The molecule has 26 heavy (non-hydrogen) atoms. The first-order valence-electron chi connectivity index (χ1n) is 7.91. The van der Waals surface area contributed by atoms with Crippen LogP contribution in [-0.2, 0) is 0 Å². The first-order valence-corrected chi connectivity index (χ1v) is 8.79. The number of aryl methyl sites for hydroxylation is 2. The van der Waals surface area contributed by atoms with Crippen molar-refractivity contribution in [2.24, 2.45) is 0 Å². The van der Waals surface area contributed by atoms with Crippen LogP contribution in [0, 0.1) is 13.8 Å². The number of amides is 1. The van der Waals surface area contributed by atoms with Crippen molar-refractivity contribution in [3.63, 3.8) is 0 Å². The van der Waals surface area contributed by atoms with Gasteiger partial charge in [0, 0.05) is 16.6 Å². The van der Waals surface area contributed by atoms with Gasteiger partial charge in [0.1, 0.15) is 17.3 Å². The van der Waals surface area contributed by atoms with Crippen molar-refractivity contribution in [2.45, 2.75) is 13.8 Å². The zero-order valence-corrected chi connectivity index (χ0v) is 14.9. The summed E-state index contributed by atoms with van der Waals surface area (Å²) in [5.41, 5.74) is 1.81. The Morgan fingerprint density at radius 2 is 2.08 bits per heavy atom. The Hall–Kier alpha value is -3.26. The molecular weight excluding hydrogens is 350 g/mol. The summed E-state index contributed by atoms with van der Waals surface area (Å²) in [7, 11) is 0. The van der Waals surface area contributed by atoms with Crippen molar-refractivity contribution in [3.8, 4) is 22.2 Å². The largest absolute Gasteiger partial charge is 0.459 e. The van der Waals surface area contributed by atoms with Gasteiger partial charge in [0.05, 0.1) is 0 Å². The molecule has 0 fully saturated rings. The maximum absolute atomic E-state index is 12.5.